The number of aromatic nitrogens is 4. The predicted molar refractivity (Wildman–Crippen MR) is 138 cm³/mol. The van der Waals surface area contributed by atoms with Crippen molar-refractivity contribution in [3.05, 3.63) is 95.6 Å². The van der Waals surface area contributed by atoms with Crippen molar-refractivity contribution in [2.45, 2.75) is 32.2 Å². The molecule has 0 radical (unpaired) electrons. The zero-order chi connectivity index (χ0) is 24.6. The van der Waals surface area contributed by atoms with Crippen molar-refractivity contribution in [3.8, 4) is 22.3 Å². The van der Waals surface area contributed by atoms with E-state index in [1.54, 1.807) is 18.3 Å². The fraction of sp³-hybridized carbons (Fsp3) is 0.241. The van der Waals surface area contributed by atoms with Crippen LogP contribution in [0.15, 0.2) is 67.1 Å². The van der Waals surface area contributed by atoms with Crippen molar-refractivity contribution < 1.29 is 8.78 Å². The Morgan fingerprint density at radius 3 is 2.67 bits per heavy atom. The van der Waals surface area contributed by atoms with Gasteiger partial charge in [-0.25, -0.2) is 13.8 Å². The maximum Gasteiger partial charge on any atom is 0.137 e. The van der Waals surface area contributed by atoms with Gasteiger partial charge in [-0.1, -0.05) is 24.3 Å². The van der Waals surface area contributed by atoms with Gasteiger partial charge in [0.15, 0.2) is 0 Å². The zero-order valence-electron chi connectivity index (χ0n) is 20.1. The summed E-state index contributed by atoms with van der Waals surface area (Å²) < 4.78 is 30.5. The number of aryl methyl sites for hydroxylation is 1. The molecule has 0 saturated carbocycles. The molecule has 0 unspecified atom stereocenters. The largest absolute Gasteiger partial charge is 0.346 e. The highest BCUT2D eigenvalue weighted by atomic mass is 19.1. The standard InChI is InChI=1S/C29H27F2N5/c1-18-27(17-36(35-18)16-19-3-2-4-23(30)11-19)26-15-34-29-25(26)12-22(14-33-29)21-5-6-24(28(31)13-21)20-7-9-32-10-8-20/h2-6,11-15,17,20,32H,7-10,16H2,1H3,(H,33,34). The molecule has 4 heterocycles. The Kier molecular flexibility index (Phi) is 5.85. The molecule has 2 aromatic carbocycles. The van der Waals surface area contributed by atoms with Crippen molar-refractivity contribution in [2.75, 3.05) is 13.1 Å². The maximum atomic E-state index is 15.1. The topological polar surface area (TPSA) is 58.5 Å². The zero-order valence-corrected chi connectivity index (χ0v) is 20.1. The van der Waals surface area contributed by atoms with E-state index in [4.69, 9.17) is 0 Å². The second-order valence-electron chi connectivity index (χ2n) is 9.54. The van der Waals surface area contributed by atoms with Crippen LogP contribution in [-0.2, 0) is 6.54 Å². The first kappa shape index (κ1) is 22.6. The van der Waals surface area contributed by atoms with Crippen LogP contribution in [0.3, 0.4) is 0 Å². The van der Waals surface area contributed by atoms with Gasteiger partial charge in [0.25, 0.3) is 0 Å². The van der Waals surface area contributed by atoms with Crippen molar-refractivity contribution in [1.29, 1.82) is 0 Å². The molecule has 36 heavy (non-hydrogen) atoms. The van der Waals surface area contributed by atoms with Crippen molar-refractivity contribution >= 4 is 11.0 Å². The molecule has 6 rings (SSSR count). The summed E-state index contributed by atoms with van der Waals surface area (Å²) in [4.78, 5) is 7.85. The summed E-state index contributed by atoms with van der Waals surface area (Å²) in [7, 11) is 0. The summed E-state index contributed by atoms with van der Waals surface area (Å²) in [6.07, 6.45) is 7.61. The van der Waals surface area contributed by atoms with Gasteiger partial charge in [0.05, 0.1) is 12.2 Å². The molecule has 7 heteroatoms. The first-order valence-corrected chi connectivity index (χ1v) is 12.3. The third-order valence-corrected chi connectivity index (χ3v) is 7.11. The minimum Gasteiger partial charge on any atom is -0.346 e. The maximum absolute atomic E-state index is 15.1. The van der Waals surface area contributed by atoms with E-state index in [1.807, 2.05) is 42.2 Å². The number of pyridine rings is 1. The lowest BCUT2D eigenvalue weighted by Gasteiger charge is -2.23. The summed E-state index contributed by atoms with van der Waals surface area (Å²) in [6.45, 7) is 4.30. The molecule has 182 valence electrons. The van der Waals surface area contributed by atoms with Gasteiger partial charge in [-0.2, -0.15) is 5.10 Å². The lowest BCUT2D eigenvalue weighted by Crippen LogP contribution is -2.27. The second kappa shape index (κ2) is 9.32. The third kappa shape index (κ3) is 4.31. The molecule has 5 aromatic rings. The van der Waals surface area contributed by atoms with Crippen LogP contribution in [0, 0.1) is 18.6 Å². The van der Waals surface area contributed by atoms with Gasteiger partial charge in [-0.3, -0.25) is 4.68 Å². The van der Waals surface area contributed by atoms with Crippen LogP contribution in [-0.4, -0.2) is 32.8 Å². The van der Waals surface area contributed by atoms with Crippen LogP contribution >= 0.6 is 0 Å². The summed E-state index contributed by atoms with van der Waals surface area (Å²) in [6, 6.07) is 14.2. The molecule has 0 amide bonds. The fourth-order valence-electron chi connectivity index (χ4n) is 5.24. The van der Waals surface area contributed by atoms with Gasteiger partial charge in [0, 0.05) is 40.7 Å². The Hall–Kier alpha value is -3.84. The smallest absolute Gasteiger partial charge is 0.137 e. The number of piperidine rings is 1. The molecule has 5 nitrogen and oxygen atoms in total. The van der Waals surface area contributed by atoms with E-state index in [0.29, 0.717) is 6.54 Å². The van der Waals surface area contributed by atoms with Crippen molar-refractivity contribution in [1.82, 2.24) is 25.1 Å². The predicted octanol–water partition coefficient (Wildman–Crippen LogP) is 6.20. The van der Waals surface area contributed by atoms with E-state index < -0.39 is 0 Å². The van der Waals surface area contributed by atoms with E-state index in [2.05, 4.69) is 26.4 Å². The van der Waals surface area contributed by atoms with Gasteiger partial charge in [-0.15, -0.1) is 0 Å². The third-order valence-electron chi connectivity index (χ3n) is 7.11. The lowest BCUT2D eigenvalue weighted by molar-refractivity contribution is 0.445. The molecule has 2 N–H and O–H groups in total. The Labute approximate surface area is 208 Å². The summed E-state index contributed by atoms with van der Waals surface area (Å²) >= 11 is 0. The van der Waals surface area contributed by atoms with Crippen LogP contribution in [0.25, 0.3) is 33.3 Å². The molecule has 1 fully saturated rings. The Morgan fingerprint density at radius 2 is 1.86 bits per heavy atom. The minimum atomic E-state index is -0.257. The number of hydrogen-bond acceptors (Lipinski definition) is 3. The average Bonchev–Trinajstić information content (AvgIpc) is 3.46. The molecular formula is C29H27F2N5. The van der Waals surface area contributed by atoms with Crippen molar-refractivity contribution in [3.63, 3.8) is 0 Å². The molecule has 0 bridgehead atoms. The number of aromatic amines is 1. The minimum absolute atomic E-state index is 0.150. The summed E-state index contributed by atoms with van der Waals surface area (Å²) in [5, 5.41) is 8.94. The molecular weight excluding hydrogens is 456 g/mol. The van der Waals surface area contributed by atoms with Crippen LogP contribution in [0.5, 0.6) is 0 Å². The lowest BCUT2D eigenvalue weighted by atomic mass is 9.89. The molecule has 1 saturated heterocycles. The fourth-order valence-corrected chi connectivity index (χ4v) is 5.24. The summed E-state index contributed by atoms with van der Waals surface area (Å²) in [5.74, 6) is -0.139. The molecule has 0 spiro atoms. The normalized spacial score (nSPS) is 14.5. The van der Waals surface area contributed by atoms with Gasteiger partial charge in [-0.05, 0) is 79.7 Å². The van der Waals surface area contributed by atoms with Gasteiger partial charge in [0.2, 0.25) is 0 Å². The van der Waals surface area contributed by atoms with Gasteiger partial charge < -0.3 is 10.3 Å². The molecule has 1 aliphatic heterocycles. The van der Waals surface area contributed by atoms with E-state index in [9.17, 15) is 4.39 Å². The van der Waals surface area contributed by atoms with Gasteiger partial charge in [0.1, 0.15) is 17.3 Å². The second-order valence-corrected chi connectivity index (χ2v) is 9.54. The Balaban J connectivity index is 1.32. The van der Waals surface area contributed by atoms with Gasteiger partial charge >= 0.3 is 0 Å². The first-order valence-electron chi connectivity index (χ1n) is 12.3. The highest BCUT2D eigenvalue weighted by Crippen LogP contribution is 2.34. The number of fused-ring (bicyclic) bond motifs is 1. The summed E-state index contributed by atoms with van der Waals surface area (Å²) in [5.41, 5.74) is 6.92. The van der Waals surface area contributed by atoms with Crippen LogP contribution in [0.2, 0.25) is 0 Å². The van der Waals surface area contributed by atoms with Crippen LogP contribution < -0.4 is 5.32 Å². The van der Waals surface area contributed by atoms with E-state index in [1.165, 1.54) is 12.1 Å². The number of H-pyrrole nitrogens is 1. The first-order chi connectivity index (χ1) is 17.5. The Morgan fingerprint density at radius 1 is 1.00 bits per heavy atom. The van der Waals surface area contributed by atoms with Crippen molar-refractivity contribution in [2.24, 2.45) is 0 Å². The molecule has 0 atom stereocenters. The van der Waals surface area contributed by atoms with Crippen LogP contribution in [0.1, 0.15) is 35.6 Å². The SMILES string of the molecule is Cc1nn(Cc2cccc(F)c2)cc1-c1c[nH]c2ncc(-c3ccc(C4CCNCC4)c(F)c3)cc12. The molecule has 0 aliphatic carbocycles. The molecule has 1 aliphatic rings. The quantitative estimate of drug-likeness (QED) is 0.313. The number of nitrogens with zero attached hydrogens (tertiary/aromatic N) is 3. The van der Waals surface area contributed by atoms with E-state index in [0.717, 1.165) is 76.0 Å². The van der Waals surface area contributed by atoms with E-state index in [-0.39, 0.29) is 17.6 Å². The number of hydrogen-bond donors (Lipinski definition) is 2. The molecule has 3 aromatic heterocycles. The number of nitrogens with one attached hydrogen (secondary N) is 2. The highest BCUT2D eigenvalue weighted by molar-refractivity contribution is 5.96. The number of halogens is 2. The average molecular weight is 484 g/mol. The monoisotopic (exact) mass is 483 g/mol. The Bertz CT molecular complexity index is 1540. The number of benzene rings is 2. The van der Waals surface area contributed by atoms with Crippen LogP contribution in [0.4, 0.5) is 8.78 Å². The highest BCUT2D eigenvalue weighted by Gasteiger charge is 2.19. The van der Waals surface area contributed by atoms with E-state index >= 15 is 4.39 Å². The number of rotatable bonds is 5.